The second-order valence-electron chi connectivity index (χ2n) is 5.34. The van der Waals surface area contributed by atoms with E-state index in [4.69, 9.17) is 4.74 Å². The van der Waals surface area contributed by atoms with E-state index in [1.807, 2.05) is 0 Å². The van der Waals surface area contributed by atoms with Crippen molar-refractivity contribution < 1.29 is 13.9 Å². The Kier molecular flexibility index (Phi) is 4.56. The van der Waals surface area contributed by atoms with E-state index >= 15 is 0 Å². The monoisotopic (exact) mass is 264 g/mol. The molecular weight excluding hydrogens is 243 g/mol. The molecule has 1 aromatic rings. The van der Waals surface area contributed by atoms with E-state index in [1.54, 1.807) is 6.07 Å². The average molecular weight is 264 g/mol. The Labute approximate surface area is 114 Å². The van der Waals surface area contributed by atoms with Crippen LogP contribution in [0.5, 0.6) is 5.75 Å². The molecule has 0 saturated heterocycles. The first-order valence-corrected chi connectivity index (χ1v) is 7.03. The highest BCUT2D eigenvalue weighted by molar-refractivity contribution is 5.98. The van der Waals surface area contributed by atoms with Crippen LogP contribution in [0.4, 0.5) is 4.39 Å². The van der Waals surface area contributed by atoms with Gasteiger partial charge in [-0.2, -0.15) is 0 Å². The molecule has 1 aliphatic carbocycles. The molecular formula is C16H21FO2. The van der Waals surface area contributed by atoms with Gasteiger partial charge in [-0.1, -0.05) is 13.3 Å². The Morgan fingerprint density at radius 2 is 2.00 bits per heavy atom. The zero-order valence-electron chi connectivity index (χ0n) is 11.6. The van der Waals surface area contributed by atoms with Gasteiger partial charge in [0.15, 0.2) is 17.3 Å². The molecule has 2 nitrogen and oxygen atoms in total. The van der Waals surface area contributed by atoms with E-state index in [1.165, 1.54) is 25.7 Å². The summed E-state index contributed by atoms with van der Waals surface area (Å²) in [6.07, 6.45) is 5.37. The fourth-order valence-electron chi connectivity index (χ4n) is 2.88. The van der Waals surface area contributed by atoms with Crippen LogP contribution in [0.1, 0.15) is 49.4 Å². The Morgan fingerprint density at radius 1 is 1.32 bits per heavy atom. The number of ketones is 1. The lowest BCUT2D eigenvalue weighted by Gasteiger charge is -2.26. The van der Waals surface area contributed by atoms with Crippen molar-refractivity contribution in [3.8, 4) is 5.75 Å². The summed E-state index contributed by atoms with van der Waals surface area (Å²) in [5.41, 5.74) is 0.568. The number of carbonyl (C=O) groups is 1. The van der Waals surface area contributed by atoms with Crippen LogP contribution in [0.2, 0.25) is 0 Å². The lowest BCUT2D eigenvalue weighted by molar-refractivity contribution is 0.0870. The number of Topliss-reactive ketones (excluding diaryl/α,β-unsaturated/α-hetero) is 1. The number of hydrogen-bond donors (Lipinski definition) is 0. The highest BCUT2D eigenvalue weighted by atomic mass is 19.1. The molecule has 1 fully saturated rings. The molecule has 0 radical (unpaired) electrons. The van der Waals surface area contributed by atoms with Gasteiger partial charge in [-0.05, 0) is 49.8 Å². The Hall–Kier alpha value is -1.38. The van der Waals surface area contributed by atoms with Crippen LogP contribution >= 0.6 is 0 Å². The fraction of sp³-hybridized carbons (Fsp3) is 0.562. The zero-order chi connectivity index (χ0) is 13.8. The Morgan fingerprint density at radius 3 is 2.58 bits per heavy atom. The largest absolute Gasteiger partial charge is 0.494 e. The fourth-order valence-corrected chi connectivity index (χ4v) is 2.88. The molecule has 1 saturated carbocycles. The summed E-state index contributed by atoms with van der Waals surface area (Å²) in [7, 11) is 1.42. The molecule has 0 spiro atoms. The van der Waals surface area contributed by atoms with E-state index in [-0.39, 0.29) is 17.5 Å². The summed E-state index contributed by atoms with van der Waals surface area (Å²) >= 11 is 0. The van der Waals surface area contributed by atoms with Crippen LogP contribution in [-0.2, 0) is 0 Å². The van der Waals surface area contributed by atoms with Crippen molar-refractivity contribution in [2.75, 3.05) is 7.11 Å². The number of carbonyl (C=O) groups excluding carboxylic acids is 1. The van der Waals surface area contributed by atoms with Crippen LogP contribution in [0.25, 0.3) is 0 Å². The SMILES string of the molecule is CCC1CCC(C(=O)c2ccc(F)c(OC)c2)CC1. The van der Waals surface area contributed by atoms with E-state index in [2.05, 4.69) is 6.92 Å². The summed E-state index contributed by atoms with van der Waals surface area (Å²) in [4.78, 5) is 12.4. The molecule has 0 atom stereocenters. The molecule has 0 unspecified atom stereocenters. The van der Waals surface area contributed by atoms with Crippen molar-refractivity contribution >= 4 is 5.78 Å². The summed E-state index contributed by atoms with van der Waals surface area (Å²) in [6, 6.07) is 4.39. The predicted molar refractivity (Wildman–Crippen MR) is 73.0 cm³/mol. The van der Waals surface area contributed by atoms with Crippen LogP contribution in [0, 0.1) is 17.7 Å². The molecule has 1 aromatic carbocycles. The first-order chi connectivity index (χ1) is 9.15. The molecule has 0 aliphatic heterocycles. The van der Waals surface area contributed by atoms with Gasteiger partial charge in [-0.15, -0.1) is 0 Å². The number of ether oxygens (including phenoxy) is 1. The molecule has 1 aliphatic rings. The third-order valence-corrected chi connectivity index (χ3v) is 4.23. The van der Waals surface area contributed by atoms with Gasteiger partial charge in [0.2, 0.25) is 0 Å². The highest BCUT2D eigenvalue weighted by Gasteiger charge is 2.26. The lowest BCUT2D eigenvalue weighted by atomic mass is 9.78. The summed E-state index contributed by atoms with van der Waals surface area (Å²) in [5.74, 6) is 0.722. The topological polar surface area (TPSA) is 26.3 Å². The van der Waals surface area contributed by atoms with Gasteiger partial charge in [0, 0.05) is 11.5 Å². The standard InChI is InChI=1S/C16H21FO2/c1-3-11-4-6-12(7-5-11)16(18)13-8-9-14(17)15(10-13)19-2/h8-12H,3-7H2,1-2H3. The molecule has 0 N–H and O–H groups in total. The number of benzene rings is 1. The van der Waals surface area contributed by atoms with Gasteiger partial charge >= 0.3 is 0 Å². The van der Waals surface area contributed by atoms with E-state index in [0.29, 0.717) is 5.56 Å². The smallest absolute Gasteiger partial charge is 0.166 e. The van der Waals surface area contributed by atoms with Crippen LogP contribution in [0.15, 0.2) is 18.2 Å². The van der Waals surface area contributed by atoms with E-state index in [9.17, 15) is 9.18 Å². The predicted octanol–water partition coefficient (Wildman–Crippen LogP) is 4.23. The second-order valence-corrected chi connectivity index (χ2v) is 5.34. The molecule has 2 rings (SSSR count). The van der Waals surface area contributed by atoms with Crippen molar-refractivity contribution in [3.63, 3.8) is 0 Å². The summed E-state index contributed by atoms with van der Waals surface area (Å²) < 4.78 is 18.3. The van der Waals surface area contributed by atoms with Gasteiger partial charge < -0.3 is 4.74 Å². The normalized spacial score (nSPS) is 23.1. The quantitative estimate of drug-likeness (QED) is 0.760. The first kappa shape index (κ1) is 14.0. The van der Waals surface area contributed by atoms with Crippen molar-refractivity contribution in [2.45, 2.75) is 39.0 Å². The molecule has 0 bridgehead atoms. The molecule has 104 valence electrons. The molecule has 3 heteroatoms. The number of rotatable bonds is 4. The van der Waals surface area contributed by atoms with Crippen molar-refractivity contribution in [1.29, 1.82) is 0 Å². The number of hydrogen-bond acceptors (Lipinski definition) is 2. The second kappa shape index (κ2) is 6.18. The van der Waals surface area contributed by atoms with E-state index < -0.39 is 5.82 Å². The van der Waals surface area contributed by atoms with Crippen molar-refractivity contribution in [2.24, 2.45) is 11.8 Å². The Balaban J connectivity index is 2.08. The van der Waals surface area contributed by atoms with Gasteiger partial charge in [0.25, 0.3) is 0 Å². The number of halogens is 1. The van der Waals surface area contributed by atoms with Crippen LogP contribution in [-0.4, -0.2) is 12.9 Å². The first-order valence-electron chi connectivity index (χ1n) is 7.03. The molecule has 0 heterocycles. The minimum atomic E-state index is -0.422. The third kappa shape index (κ3) is 3.14. The van der Waals surface area contributed by atoms with Crippen LogP contribution in [0.3, 0.4) is 0 Å². The minimum absolute atomic E-state index is 0.0953. The van der Waals surface area contributed by atoms with Crippen molar-refractivity contribution in [3.05, 3.63) is 29.6 Å². The Bertz CT molecular complexity index is 448. The van der Waals surface area contributed by atoms with Gasteiger partial charge in [-0.25, -0.2) is 4.39 Å². The van der Waals surface area contributed by atoms with Gasteiger partial charge in [-0.3, -0.25) is 4.79 Å². The summed E-state index contributed by atoms with van der Waals surface area (Å²) in [5, 5.41) is 0. The minimum Gasteiger partial charge on any atom is -0.494 e. The maximum absolute atomic E-state index is 13.3. The molecule has 19 heavy (non-hydrogen) atoms. The van der Waals surface area contributed by atoms with Gasteiger partial charge in [0.1, 0.15) is 0 Å². The lowest BCUT2D eigenvalue weighted by Crippen LogP contribution is -2.21. The molecule has 0 aromatic heterocycles. The molecule has 0 amide bonds. The summed E-state index contributed by atoms with van der Waals surface area (Å²) in [6.45, 7) is 2.21. The average Bonchev–Trinajstić information content (AvgIpc) is 2.47. The number of methoxy groups -OCH3 is 1. The highest BCUT2D eigenvalue weighted by Crippen LogP contribution is 2.33. The van der Waals surface area contributed by atoms with E-state index in [0.717, 1.165) is 31.6 Å². The third-order valence-electron chi connectivity index (χ3n) is 4.23. The maximum Gasteiger partial charge on any atom is 0.166 e. The van der Waals surface area contributed by atoms with Crippen LogP contribution < -0.4 is 4.74 Å². The zero-order valence-corrected chi connectivity index (χ0v) is 11.6. The maximum atomic E-state index is 13.3. The van der Waals surface area contributed by atoms with Crippen molar-refractivity contribution in [1.82, 2.24) is 0 Å². The van der Waals surface area contributed by atoms with Gasteiger partial charge in [0.05, 0.1) is 7.11 Å².